The van der Waals surface area contributed by atoms with Crippen LogP contribution in [0.5, 0.6) is 0 Å². The van der Waals surface area contributed by atoms with Crippen molar-refractivity contribution in [3.63, 3.8) is 0 Å². The highest BCUT2D eigenvalue weighted by Crippen LogP contribution is 2.30. The van der Waals surface area contributed by atoms with Gasteiger partial charge in [-0.2, -0.15) is 0 Å². The van der Waals surface area contributed by atoms with E-state index in [0.717, 1.165) is 20.3 Å². The fourth-order valence-electron chi connectivity index (χ4n) is 1.79. The molecule has 0 saturated carbocycles. The van der Waals surface area contributed by atoms with Gasteiger partial charge < -0.3 is 0 Å². The van der Waals surface area contributed by atoms with E-state index < -0.39 is 0 Å². The second kappa shape index (κ2) is 6.57. The zero-order valence-corrected chi connectivity index (χ0v) is 13.8. The minimum absolute atomic E-state index is 0.953. The molecule has 0 fully saturated rings. The molecule has 100 valence electrons. The average Bonchev–Trinajstić information content (AvgIpc) is 2.97. The summed E-state index contributed by atoms with van der Waals surface area (Å²) in [6.07, 6.45) is 0. The van der Waals surface area contributed by atoms with Gasteiger partial charge in [0.25, 0.3) is 0 Å². The molecule has 1 heterocycles. The quantitative estimate of drug-likeness (QED) is 0.539. The predicted octanol–water partition coefficient (Wildman–Crippen LogP) is 5.86. The molecule has 0 N–H and O–H groups in total. The zero-order valence-electron chi connectivity index (χ0n) is 10.6. The van der Waals surface area contributed by atoms with Crippen LogP contribution in [0.1, 0.15) is 5.56 Å². The smallest absolute Gasteiger partial charge is 0.150 e. The fourth-order valence-corrected chi connectivity index (χ4v) is 3.85. The molecule has 20 heavy (non-hydrogen) atoms. The van der Waals surface area contributed by atoms with Crippen molar-refractivity contribution in [2.24, 2.45) is 0 Å². The van der Waals surface area contributed by atoms with Crippen LogP contribution < -0.4 is 0 Å². The molecular weight excluding hydrogens is 350 g/mol. The summed E-state index contributed by atoms with van der Waals surface area (Å²) in [5.41, 5.74) is 3.56. The van der Waals surface area contributed by atoms with Crippen LogP contribution in [0, 0.1) is 0 Å². The number of hydrogen-bond donors (Lipinski definition) is 0. The SMILES string of the molecule is Brc1ccc(CSc2nc(-c3ccccc3)cs2)cc1. The van der Waals surface area contributed by atoms with Crippen molar-refractivity contribution >= 4 is 39.0 Å². The van der Waals surface area contributed by atoms with Gasteiger partial charge in [-0.05, 0) is 17.7 Å². The Morgan fingerprint density at radius 1 is 1.00 bits per heavy atom. The van der Waals surface area contributed by atoms with E-state index in [1.807, 2.05) is 18.2 Å². The molecule has 3 aromatic rings. The third-order valence-electron chi connectivity index (χ3n) is 2.83. The topological polar surface area (TPSA) is 12.9 Å². The highest BCUT2D eigenvalue weighted by atomic mass is 79.9. The largest absolute Gasteiger partial charge is 0.230 e. The van der Waals surface area contributed by atoms with Crippen LogP contribution in [0.4, 0.5) is 0 Å². The number of thioether (sulfide) groups is 1. The molecule has 0 amide bonds. The Bertz CT molecular complexity index is 677. The van der Waals surface area contributed by atoms with E-state index in [9.17, 15) is 0 Å². The summed E-state index contributed by atoms with van der Waals surface area (Å²) in [4.78, 5) is 4.69. The number of aromatic nitrogens is 1. The van der Waals surface area contributed by atoms with Gasteiger partial charge in [0.2, 0.25) is 0 Å². The summed E-state index contributed by atoms with van der Waals surface area (Å²) in [5.74, 6) is 0.953. The van der Waals surface area contributed by atoms with Crippen molar-refractivity contribution in [2.45, 2.75) is 10.1 Å². The lowest BCUT2D eigenvalue weighted by molar-refractivity contribution is 1.24. The summed E-state index contributed by atoms with van der Waals surface area (Å²) in [5, 5.41) is 2.12. The van der Waals surface area contributed by atoms with Gasteiger partial charge in [-0.1, -0.05) is 70.2 Å². The van der Waals surface area contributed by atoms with Gasteiger partial charge in [0.1, 0.15) is 0 Å². The van der Waals surface area contributed by atoms with Crippen LogP contribution in [-0.2, 0) is 5.75 Å². The van der Waals surface area contributed by atoms with Gasteiger partial charge in [0.05, 0.1) is 5.69 Å². The molecule has 0 spiro atoms. The number of halogens is 1. The van der Waals surface area contributed by atoms with Crippen LogP contribution in [-0.4, -0.2) is 4.98 Å². The number of nitrogens with zero attached hydrogens (tertiary/aromatic N) is 1. The molecule has 0 atom stereocenters. The van der Waals surface area contributed by atoms with Gasteiger partial charge in [0, 0.05) is 21.2 Å². The molecule has 2 aromatic carbocycles. The predicted molar refractivity (Wildman–Crippen MR) is 91.3 cm³/mol. The van der Waals surface area contributed by atoms with Gasteiger partial charge in [-0.15, -0.1) is 11.3 Å². The lowest BCUT2D eigenvalue weighted by Crippen LogP contribution is -1.80. The van der Waals surface area contributed by atoms with E-state index in [0.29, 0.717) is 0 Å². The van der Waals surface area contributed by atoms with Crippen molar-refractivity contribution in [3.05, 3.63) is 70.0 Å². The molecule has 0 aliphatic rings. The normalized spacial score (nSPS) is 10.7. The molecule has 1 nitrogen and oxygen atoms in total. The third-order valence-corrected chi connectivity index (χ3v) is 5.45. The van der Waals surface area contributed by atoms with E-state index in [2.05, 4.69) is 62.7 Å². The first-order valence-electron chi connectivity index (χ1n) is 6.19. The van der Waals surface area contributed by atoms with Crippen molar-refractivity contribution < 1.29 is 0 Å². The molecule has 0 radical (unpaired) electrons. The number of benzene rings is 2. The third kappa shape index (κ3) is 3.51. The van der Waals surface area contributed by atoms with E-state index in [4.69, 9.17) is 0 Å². The monoisotopic (exact) mass is 361 g/mol. The van der Waals surface area contributed by atoms with E-state index >= 15 is 0 Å². The standard InChI is InChI=1S/C16H12BrNS2/c17-14-8-6-12(7-9-14)10-19-16-18-15(11-20-16)13-4-2-1-3-5-13/h1-9,11H,10H2. The second-order valence-corrected chi connectivity index (χ2v) is 7.28. The van der Waals surface area contributed by atoms with Gasteiger partial charge >= 0.3 is 0 Å². The van der Waals surface area contributed by atoms with Crippen LogP contribution in [0.2, 0.25) is 0 Å². The van der Waals surface area contributed by atoms with Crippen molar-refractivity contribution in [3.8, 4) is 11.3 Å². The molecule has 0 aliphatic heterocycles. The number of rotatable bonds is 4. The minimum Gasteiger partial charge on any atom is -0.230 e. The highest BCUT2D eigenvalue weighted by Gasteiger charge is 2.05. The zero-order chi connectivity index (χ0) is 13.8. The summed E-state index contributed by atoms with van der Waals surface area (Å²) >= 11 is 6.95. The maximum atomic E-state index is 4.69. The summed E-state index contributed by atoms with van der Waals surface area (Å²) in [6, 6.07) is 18.7. The highest BCUT2D eigenvalue weighted by molar-refractivity contribution is 9.10. The molecule has 0 unspecified atom stereocenters. The van der Waals surface area contributed by atoms with Gasteiger partial charge in [0.15, 0.2) is 4.34 Å². The van der Waals surface area contributed by atoms with E-state index in [-0.39, 0.29) is 0 Å². The first-order valence-corrected chi connectivity index (χ1v) is 8.85. The minimum atomic E-state index is 0.953. The van der Waals surface area contributed by atoms with Crippen LogP contribution in [0.25, 0.3) is 11.3 Å². The molecule has 0 aliphatic carbocycles. The Labute approximate surface area is 135 Å². The lowest BCUT2D eigenvalue weighted by atomic mass is 10.2. The molecule has 4 heteroatoms. The Kier molecular flexibility index (Phi) is 4.55. The summed E-state index contributed by atoms with van der Waals surface area (Å²) in [6.45, 7) is 0. The summed E-state index contributed by atoms with van der Waals surface area (Å²) < 4.78 is 2.23. The van der Waals surface area contributed by atoms with Gasteiger partial charge in [-0.25, -0.2) is 4.98 Å². The number of thiazole rings is 1. The van der Waals surface area contributed by atoms with Crippen molar-refractivity contribution in [1.29, 1.82) is 0 Å². The summed E-state index contributed by atoms with van der Waals surface area (Å²) in [7, 11) is 0. The molecular formula is C16H12BrNS2. The Hall–Kier alpha value is -1.10. The Morgan fingerprint density at radius 3 is 2.50 bits per heavy atom. The molecule has 0 saturated heterocycles. The first-order chi connectivity index (χ1) is 9.81. The average molecular weight is 362 g/mol. The van der Waals surface area contributed by atoms with Gasteiger partial charge in [-0.3, -0.25) is 0 Å². The number of hydrogen-bond acceptors (Lipinski definition) is 3. The lowest BCUT2D eigenvalue weighted by Gasteiger charge is -1.99. The van der Waals surface area contributed by atoms with Crippen LogP contribution >= 0.6 is 39.0 Å². The first kappa shape index (κ1) is 13.9. The van der Waals surface area contributed by atoms with Crippen LogP contribution in [0.3, 0.4) is 0 Å². The van der Waals surface area contributed by atoms with Crippen molar-refractivity contribution in [1.82, 2.24) is 4.98 Å². The van der Waals surface area contributed by atoms with Crippen molar-refractivity contribution in [2.75, 3.05) is 0 Å². The second-order valence-electron chi connectivity index (χ2n) is 4.28. The fraction of sp³-hybridized carbons (Fsp3) is 0.0625. The Balaban J connectivity index is 1.67. The maximum Gasteiger partial charge on any atom is 0.150 e. The Morgan fingerprint density at radius 2 is 1.75 bits per heavy atom. The van der Waals surface area contributed by atoms with E-state index in [1.54, 1.807) is 23.1 Å². The van der Waals surface area contributed by atoms with E-state index in [1.165, 1.54) is 11.1 Å². The maximum absolute atomic E-state index is 4.69. The van der Waals surface area contributed by atoms with Crippen LogP contribution in [0.15, 0.2) is 68.8 Å². The molecule has 0 bridgehead atoms. The molecule has 3 rings (SSSR count). The molecule has 1 aromatic heterocycles.